The molecular formula is C12H20N4O. The SMILES string of the molecule is NC(=O)Cn1cc(NCC2CCCCC2)cn1. The molecule has 1 fully saturated rings. The van der Waals surface area contributed by atoms with Gasteiger partial charge in [-0.15, -0.1) is 0 Å². The minimum atomic E-state index is -0.369. The van der Waals surface area contributed by atoms with Crippen LogP contribution in [0.4, 0.5) is 5.69 Å². The molecule has 0 bridgehead atoms. The zero-order valence-electron chi connectivity index (χ0n) is 10.1. The molecular weight excluding hydrogens is 216 g/mol. The molecule has 94 valence electrons. The molecule has 1 heterocycles. The van der Waals surface area contributed by atoms with Crippen LogP contribution in [0.1, 0.15) is 32.1 Å². The second-order valence-electron chi connectivity index (χ2n) is 4.78. The first kappa shape index (κ1) is 12.0. The van der Waals surface area contributed by atoms with E-state index in [9.17, 15) is 4.79 Å². The molecule has 1 aromatic heterocycles. The van der Waals surface area contributed by atoms with Gasteiger partial charge < -0.3 is 11.1 Å². The van der Waals surface area contributed by atoms with Gasteiger partial charge in [-0.2, -0.15) is 5.10 Å². The topological polar surface area (TPSA) is 72.9 Å². The molecule has 5 heteroatoms. The Morgan fingerprint density at radius 1 is 1.47 bits per heavy atom. The van der Waals surface area contributed by atoms with E-state index in [0.717, 1.165) is 18.2 Å². The number of nitrogens with zero attached hydrogens (tertiary/aromatic N) is 2. The fraction of sp³-hybridized carbons (Fsp3) is 0.667. The third-order valence-corrected chi connectivity index (χ3v) is 3.27. The number of rotatable bonds is 5. The summed E-state index contributed by atoms with van der Waals surface area (Å²) in [6, 6.07) is 0. The molecule has 0 spiro atoms. The van der Waals surface area contributed by atoms with E-state index in [2.05, 4.69) is 10.4 Å². The molecule has 5 nitrogen and oxygen atoms in total. The quantitative estimate of drug-likeness (QED) is 0.810. The van der Waals surface area contributed by atoms with Crippen LogP contribution in [0.5, 0.6) is 0 Å². The molecule has 0 aromatic carbocycles. The van der Waals surface area contributed by atoms with Gasteiger partial charge in [0.1, 0.15) is 6.54 Å². The first-order chi connectivity index (χ1) is 8.24. The Kier molecular flexibility index (Phi) is 4.01. The summed E-state index contributed by atoms with van der Waals surface area (Å²) in [4.78, 5) is 10.7. The van der Waals surface area contributed by atoms with Crippen LogP contribution in [-0.4, -0.2) is 22.2 Å². The monoisotopic (exact) mass is 236 g/mol. The molecule has 2 rings (SSSR count). The van der Waals surface area contributed by atoms with Crippen LogP contribution >= 0.6 is 0 Å². The van der Waals surface area contributed by atoms with Gasteiger partial charge in [-0.1, -0.05) is 19.3 Å². The molecule has 0 saturated heterocycles. The highest BCUT2D eigenvalue weighted by atomic mass is 16.1. The second kappa shape index (κ2) is 5.70. The summed E-state index contributed by atoms with van der Waals surface area (Å²) in [5.74, 6) is 0.412. The number of nitrogens with one attached hydrogen (secondary N) is 1. The normalized spacial score (nSPS) is 16.9. The third kappa shape index (κ3) is 3.76. The third-order valence-electron chi connectivity index (χ3n) is 3.27. The van der Waals surface area contributed by atoms with Gasteiger partial charge in [-0.05, 0) is 18.8 Å². The van der Waals surface area contributed by atoms with Crippen molar-refractivity contribution in [3.8, 4) is 0 Å². The van der Waals surface area contributed by atoms with E-state index in [1.807, 2.05) is 6.20 Å². The van der Waals surface area contributed by atoms with Crippen molar-refractivity contribution < 1.29 is 4.79 Å². The van der Waals surface area contributed by atoms with E-state index in [1.54, 1.807) is 10.9 Å². The molecule has 0 aliphatic heterocycles. The summed E-state index contributed by atoms with van der Waals surface area (Å²) in [5, 5.41) is 7.45. The van der Waals surface area contributed by atoms with Crippen molar-refractivity contribution in [1.82, 2.24) is 9.78 Å². The highest BCUT2D eigenvalue weighted by Gasteiger charge is 2.13. The lowest BCUT2D eigenvalue weighted by Crippen LogP contribution is -2.19. The standard InChI is InChI=1S/C12H20N4O/c13-12(17)9-16-8-11(7-15-16)14-6-10-4-2-1-3-5-10/h7-8,10,14H,1-6,9H2,(H2,13,17). The zero-order valence-corrected chi connectivity index (χ0v) is 10.1. The van der Waals surface area contributed by atoms with Gasteiger partial charge in [-0.25, -0.2) is 0 Å². The number of hydrogen-bond acceptors (Lipinski definition) is 3. The minimum Gasteiger partial charge on any atom is -0.382 e. The average molecular weight is 236 g/mol. The molecule has 17 heavy (non-hydrogen) atoms. The maximum absolute atomic E-state index is 10.7. The molecule has 0 radical (unpaired) electrons. The number of nitrogens with two attached hydrogens (primary N) is 1. The molecule has 1 amide bonds. The Morgan fingerprint density at radius 3 is 2.94 bits per heavy atom. The lowest BCUT2D eigenvalue weighted by atomic mass is 9.89. The Bertz CT molecular complexity index is 368. The van der Waals surface area contributed by atoms with Crippen LogP contribution in [0.2, 0.25) is 0 Å². The number of aromatic nitrogens is 2. The van der Waals surface area contributed by atoms with Crippen molar-refractivity contribution in [2.75, 3.05) is 11.9 Å². The van der Waals surface area contributed by atoms with Crippen molar-refractivity contribution >= 4 is 11.6 Å². The predicted octanol–water partition coefficient (Wildman–Crippen LogP) is 1.36. The Labute approximate surface area is 101 Å². The summed E-state index contributed by atoms with van der Waals surface area (Å²) in [5.41, 5.74) is 6.07. The molecule has 0 unspecified atom stereocenters. The minimum absolute atomic E-state index is 0.144. The number of primary amides is 1. The highest BCUT2D eigenvalue weighted by molar-refractivity contribution is 5.73. The van der Waals surface area contributed by atoms with Crippen LogP contribution in [-0.2, 0) is 11.3 Å². The lowest BCUT2D eigenvalue weighted by molar-refractivity contribution is -0.118. The smallest absolute Gasteiger partial charge is 0.239 e. The largest absolute Gasteiger partial charge is 0.382 e. The Hall–Kier alpha value is -1.52. The van der Waals surface area contributed by atoms with Gasteiger partial charge >= 0.3 is 0 Å². The van der Waals surface area contributed by atoms with Crippen LogP contribution in [0.3, 0.4) is 0 Å². The van der Waals surface area contributed by atoms with Gasteiger partial charge in [0, 0.05) is 12.7 Å². The van der Waals surface area contributed by atoms with Crippen molar-refractivity contribution in [3.05, 3.63) is 12.4 Å². The summed E-state index contributed by atoms with van der Waals surface area (Å²) >= 11 is 0. The summed E-state index contributed by atoms with van der Waals surface area (Å²) < 4.78 is 1.56. The lowest BCUT2D eigenvalue weighted by Gasteiger charge is -2.21. The van der Waals surface area contributed by atoms with E-state index < -0.39 is 0 Å². The number of carbonyl (C=O) groups is 1. The molecule has 0 atom stereocenters. The molecule has 1 saturated carbocycles. The van der Waals surface area contributed by atoms with Gasteiger partial charge in [-0.3, -0.25) is 9.48 Å². The van der Waals surface area contributed by atoms with Crippen molar-refractivity contribution in [2.45, 2.75) is 38.6 Å². The van der Waals surface area contributed by atoms with Gasteiger partial charge in [0.05, 0.1) is 11.9 Å². The van der Waals surface area contributed by atoms with E-state index in [0.29, 0.717) is 0 Å². The summed E-state index contributed by atoms with van der Waals surface area (Å²) in [6.07, 6.45) is 10.3. The molecule has 1 aliphatic rings. The maximum Gasteiger partial charge on any atom is 0.239 e. The number of anilines is 1. The van der Waals surface area contributed by atoms with Crippen LogP contribution in [0.25, 0.3) is 0 Å². The fourth-order valence-corrected chi connectivity index (χ4v) is 2.35. The molecule has 1 aromatic rings. The molecule has 3 N–H and O–H groups in total. The van der Waals surface area contributed by atoms with E-state index in [1.165, 1.54) is 32.1 Å². The first-order valence-corrected chi connectivity index (χ1v) is 6.28. The van der Waals surface area contributed by atoms with E-state index in [-0.39, 0.29) is 12.5 Å². The second-order valence-corrected chi connectivity index (χ2v) is 4.78. The van der Waals surface area contributed by atoms with Crippen molar-refractivity contribution in [1.29, 1.82) is 0 Å². The maximum atomic E-state index is 10.7. The van der Waals surface area contributed by atoms with Crippen LogP contribution in [0, 0.1) is 5.92 Å². The Balaban J connectivity index is 1.78. The average Bonchev–Trinajstić information content (AvgIpc) is 2.75. The predicted molar refractivity (Wildman–Crippen MR) is 66.5 cm³/mol. The summed E-state index contributed by atoms with van der Waals surface area (Å²) in [7, 11) is 0. The fourth-order valence-electron chi connectivity index (χ4n) is 2.35. The van der Waals surface area contributed by atoms with Crippen LogP contribution in [0.15, 0.2) is 12.4 Å². The van der Waals surface area contributed by atoms with Crippen molar-refractivity contribution in [3.63, 3.8) is 0 Å². The number of carbonyl (C=O) groups excluding carboxylic acids is 1. The number of hydrogen-bond donors (Lipinski definition) is 2. The highest BCUT2D eigenvalue weighted by Crippen LogP contribution is 2.23. The van der Waals surface area contributed by atoms with E-state index in [4.69, 9.17) is 5.73 Å². The molecule has 1 aliphatic carbocycles. The van der Waals surface area contributed by atoms with E-state index >= 15 is 0 Å². The van der Waals surface area contributed by atoms with Crippen LogP contribution < -0.4 is 11.1 Å². The van der Waals surface area contributed by atoms with Crippen molar-refractivity contribution in [2.24, 2.45) is 11.7 Å². The van der Waals surface area contributed by atoms with Gasteiger partial charge in [0.2, 0.25) is 5.91 Å². The van der Waals surface area contributed by atoms with Gasteiger partial charge in [0.25, 0.3) is 0 Å². The summed E-state index contributed by atoms with van der Waals surface area (Å²) in [6.45, 7) is 1.15. The number of amides is 1. The zero-order chi connectivity index (χ0) is 12.1. The van der Waals surface area contributed by atoms with Gasteiger partial charge in [0.15, 0.2) is 0 Å². The first-order valence-electron chi connectivity index (χ1n) is 6.28. The Morgan fingerprint density at radius 2 is 2.24 bits per heavy atom.